The average molecular weight is 323 g/mol. The van der Waals surface area contributed by atoms with Gasteiger partial charge in [0.1, 0.15) is 0 Å². The van der Waals surface area contributed by atoms with Gasteiger partial charge >= 0.3 is 0 Å². The van der Waals surface area contributed by atoms with E-state index in [9.17, 15) is 4.79 Å². The molecule has 0 saturated carbocycles. The van der Waals surface area contributed by atoms with Crippen LogP contribution in [0.25, 0.3) is 0 Å². The minimum atomic E-state index is -0.143. The molecule has 2 aromatic rings. The number of rotatable bonds is 4. The number of benzene rings is 2. The molecule has 0 aliphatic rings. The van der Waals surface area contributed by atoms with Crippen molar-refractivity contribution >= 4 is 40.5 Å². The Hall–Kier alpha value is -1.71. The minimum Gasteiger partial charge on any atom is -0.376 e. The number of hydrogen-bond donors (Lipinski definition) is 2. The predicted molar refractivity (Wildman–Crippen MR) is 89.5 cm³/mol. The highest BCUT2D eigenvalue weighted by molar-refractivity contribution is 6.42. The molecule has 0 heterocycles. The molecule has 1 amide bonds. The van der Waals surface area contributed by atoms with Gasteiger partial charge in [0.15, 0.2) is 0 Å². The molecule has 0 aromatic heterocycles. The van der Waals surface area contributed by atoms with Crippen LogP contribution in [0, 0.1) is 13.8 Å². The zero-order chi connectivity index (χ0) is 15.4. The van der Waals surface area contributed by atoms with Crippen molar-refractivity contribution in [1.29, 1.82) is 0 Å². The second kappa shape index (κ2) is 6.83. The number of aryl methyl sites for hydroxylation is 2. The van der Waals surface area contributed by atoms with Crippen LogP contribution in [0.3, 0.4) is 0 Å². The fraction of sp³-hybridized carbons (Fsp3) is 0.188. The van der Waals surface area contributed by atoms with Gasteiger partial charge in [-0.05, 0) is 43.2 Å². The standard InChI is InChI=1S/C16H16Cl2N2O/c1-10-4-3-5-11(2)16(10)19-9-15(21)20-12-6-7-13(17)14(18)8-12/h3-8,19H,9H2,1-2H3,(H,20,21). The van der Waals surface area contributed by atoms with Crippen LogP contribution in [-0.4, -0.2) is 12.5 Å². The molecular weight excluding hydrogens is 307 g/mol. The predicted octanol–water partition coefficient (Wildman–Crippen LogP) is 4.66. The molecule has 0 unspecified atom stereocenters. The van der Waals surface area contributed by atoms with Gasteiger partial charge in [-0.25, -0.2) is 0 Å². The number of hydrogen-bond acceptors (Lipinski definition) is 2. The van der Waals surface area contributed by atoms with Gasteiger partial charge in [0.2, 0.25) is 5.91 Å². The molecule has 0 fully saturated rings. The molecular formula is C16H16Cl2N2O. The quantitative estimate of drug-likeness (QED) is 0.859. The zero-order valence-corrected chi connectivity index (χ0v) is 13.3. The Bertz CT molecular complexity index is 651. The van der Waals surface area contributed by atoms with E-state index in [-0.39, 0.29) is 12.5 Å². The molecule has 0 atom stereocenters. The lowest BCUT2D eigenvalue weighted by Crippen LogP contribution is -2.22. The number of anilines is 2. The van der Waals surface area contributed by atoms with Crippen molar-refractivity contribution in [2.45, 2.75) is 13.8 Å². The van der Waals surface area contributed by atoms with Crippen LogP contribution in [0.1, 0.15) is 11.1 Å². The Balaban J connectivity index is 1.97. The summed E-state index contributed by atoms with van der Waals surface area (Å²) in [6, 6.07) is 11.0. The topological polar surface area (TPSA) is 41.1 Å². The van der Waals surface area contributed by atoms with Gasteiger partial charge in [-0.2, -0.15) is 0 Å². The van der Waals surface area contributed by atoms with Gasteiger partial charge in [-0.15, -0.1) is 0 Å². The average Bonchev–Trinajstić information content (AvgIpc) is 2.42. The third kappa shape index (κ3) is 4.13. The molecule has 2 rings (SSSR count). The first-order valence-electron chi connectivity index (χ1n) is 6.52. The monoisotopic (exact) mass is 322 g/mol. The number of carbonyl (C=O) groups excluding carboxylic acids is 1. The highest BCUT2D eigenvalue weighted by atomic mass is 35.5. The Morgan fingerprint density at radius 2 is 1.71 bits per heavy atom. The Labute approximate surface area is 134 Å². The van der Waals surface area contributed by atoms with E-state index in [1.54, 1.807) is 18.2 Å². The highest BCUT2D eigenvalue weighted by Crippen LogP contribution is 2.25. The van der Waals surface area contributed by atoms with E-state index in [1.807, 2.05) is 32.0 Å². The third-order valence-electron chi connectivity index (χ3n) is 3.11. The van der Waals surface area contributed by atoms with Crippen molar-refractivity contribution in [2.75, 3.05) is 17.2 Å². The van der Waals surface area contributed by atoms with E-state index < -0.39 is 0 Å². The van der Waals surface area contributed by atoms with Crippen LogP contribution in [0.2, 0.25) is 10.0 Å². The van der Waals surface area contributed by atoms with Crippen LogP contribution < -0.4 is 10.6 Å². The van der Waals surface area contributed by atoms with Gasteiger partial charge in [0, 0.05) is 11.4 Å². The van der Waals surface area contributed by atoms with Crippen LogP contribution in [0.4, 0.5) is 11.4 Å². The summed E-state index contributed by atoms with van der Waals surface area (Å²) in [7, 11) is 0. The molecule has 0 radical (unpaired) electrons. The van der Waals surface area contributed by atoms with Crippen molar-refractivity contribution in [3.63, 3.8) is 0 Å². The highest BCUT2D eigenvalue weighted by Gasteiger charge is 2.07. The fourth-order valence-corrected chi connectivity index (χ4v) is 2.34. The summed E-state index contributed by atoms with van der Waals surface area (Å²) in [6.45, 7) is 4.20. The third-order valence-corrected chi connectivity index (χ3v) is 3.85. The number of nitrogens with one attached hydrogen (secondary N) is 2. The molecule has 110 valence electrons. The van der Waals surface area contributed by atoms with Gasteiger partial charge in [-0.3, -0.25) is 4.79 Å². The molecule has 0 aliphatic heterocycles. The molecule has 3 nitrogen and oxygen atoms in total. The van der Waals surface area contributed by atoms with Crippen LogP contribution in [-0.2, 0) is 4.79 Å². The van der Waals surface area contributed by atoms with E-state index in [0.717, 1.165) is 16.8 Å². The molecule has 2 aromatic carbocycles. The molecule has 21 heavy (non-hydrogen) atoms. The van der Waals surface area contributed by atoms with Crippen LogP contribution >= 0.6 is 23.2 Å². The fourth-order valence-electron chi connectivity index (χ4n) is 2.04. The maximum atomic E-state index is 12.0. The van der Waals surface area contributed by atoms with Crippen LogP contribution in [0.15, 0.2) is 36.4 Å². The first-order chi connectivity index (χ1) is 9.97. The summed E-state index contributed by atoms with van der Waals surface area (Å²) in [5.74, 6) is -0.143. The largest absolute Gasteiger partial charge is 0.376 e. The van der Waals surface area contributed by atoms with Crippen molar-refractivity contribution in [3.8, 4) is 0 Å². The van der Waals surface area contributed by atoms with E-state index >= 15 is 0 Å². The van der Waals surface area contributed by atoms with Crippen molar-refractivity contribution in [3.05, 3.63) is 57.6 Å². The summed E-state index contributed by atoms with van der Waals surface area (Å²) in [4.78, 5) is 12.0. The maximum Gasteiger partial charge on any atom is 0.243 e. The van der Waals surface area contributed by atoms with E-state index in [1.165, 1.54) is 0 Å². The van der Waals surface area contributed by atoms with Gasteiger partial charge in [0.05, 0.1) is 16.6 Å². The summed E-state index contributed by atoms with van der Waals surface area (Å²) < 4.78 is 0. The number of halogens is 2. The SMILES string of the molecule is Cc1cccc(C)c1NCC(=O)Nc1ccc(Cl)c(Cl)c1. The Kier molecular flexibility index (Phi) is 5.10. The second-order valence-corrected chi connectivity index (χ2v) is 5.61. The van der Waals surface area contributed by atoms with E-state index in [2.05, 4.69) is 10.6 Å². The Morgan fingerprint density at radius 3 is 2.33 bits per heavy atom. The number of amides is 1. The molecule has 0 spiro atoms. The Morgan fingerprint density at radius 1 is 1.05 bits per heavy atom. The van der Waals surface area contributed by atoms with E-state index in [0.29, 0.717) is 15.7 Å². The summed E-state index contributed by atoms with van der Waals surface area (Å²) in [5, 5.41) is 6.81. The smallest absolute Gasteiger partial charge is 0.243 e. The van der Waals surface area contributed by atoms with Crippen LogP contribution in [0.5, 0.6) is 0 Å². The molecule has 0 aliphatic carbocycles. The summed E-state index contributed by atoms with van der Waals surface area (Å²) in [6.07, 6.45) is 0. The maximum absolute atomic E-state index is 12.0. The van der Waals surface area contributed by atoms with Gasteiger partial charge < -0.3 is 10.6 Å². The van der Waals surface area contributed by atoms with Gasteiger partial charge in [-0.1, -0.05) is 41.4 Å². The van der Waals surface area contributed by atoms with Crippen molar-refractivity contribution in [1.82, 2.24) is 0 Å². The lowest BCUT2D eigenvalue weighted by Gasteiger charge is -2.12. The molecule has 0 bridgehead atoms. The number of para-hydroxylation sites is 1. The lowest BCUT2D eigenvalue weighted by atomic mass is 10.1. The zero-order valence-electron chi connectivity index (χ0n) is 11.8. The van der Waals surface area contributed by atoms with Crippen molar-refractivity contribution in [2.24, 2.45) is 0 Å². The molecule has 5 heteroatoms. The normalized spacial score (nSPS) is 10.3. The minimum absolute atomic E-state index is 0.143. The first kappa shape index (κ1) is 15.7. The summed E-state index contributed by atoms with van der Waals surface area (Å²) >= 11 is 11.7. The second-order valence-electron chi connectivity index (χ2n) is 4.80. The van der Waals surface area contributed by atoms with Crippen molar-refractivity contribution < 1.29 is 4.79 Å². The van der Waals surface area contributed by atoms with E-state index in [4.69, 9.17) is 23.2 Å². The van der Waals surface area contributed by atoms with Gasteiger partial charge in [0.25, 0.3) is 0 Å². The summed E-state index contributed by atoms with van der Waals surface area (Å²) in [5.41, 5.74) is 3.83. The molecule has 2 N–H and O–H groups in total. The first-order valence-corrected chi connectivity index (χ1v) is 7.28. The number of carbonyl (C=O) groups is 1. The lowest BCUT2D eigenvalue weighted by molar-refractivity contribution is -0.114. The molecule has 0 saturated heterocycles.